The number of hydrogen-bond donors (Lipinski definition) is 1. The van der Waals surface area contributed by atoms with Crippen LogP contribution >= 0.6 is 0 Å². The molecule has 19 heavy (non-hydrogen) atoms. The van der Waals surface area contributed by atoms with Crippen molar-refractivity contribution in [3.63, 3.8) is 0 Å². The lowest BCUT2D eigenvalue weighted by Gasteiger charge is -2.16. The molecule has 6 heteroatoms. The zero-order valence-corrected chi connectivity index (χ0v) is 11.1. The second-order valence-electron chi connectivity index (χ2n) is 4.54. The number of alkyl halides is 3. The Balaban J connectivity index is 2.57. The van der Waals surface area contributed by atoms with Crippen molar-refractivity contribution < 1.29 is 17.9 Å². The van der Waals surface area contributed by atoms with E-state index in [1.165, 1.54) is 12.4 Å². The Kier molecular flexibility index (Phi) is 6.24. The third-order valence-corrected chi connectivity index (χ3v) is 2.75. The molecule has 0 aliphatic rings. The van der Waals surface area contributed by atoms with Crippen molar-refractivity contribution in [2.45, 2.75) is 19.5 Å². The second-order valence-corrected chi connectivity index (χ2v) is 4.54. The van der Waals surface area contributed by atoms with Gasteiger partial charge in [0.15, 0.2) is 0 Å². The second kappa shape index (κ2) is 7.45. The van der Waals surface area contributed by atoms with E-state index >= 15 is 0 Å². The lowest BCUT2D eigenvalue weighted by Crippen LogP contribution is -2.26. The summed E-state index contributed by atoms with van der Waals surface area (Å²) in [4.78, 5) is 3.78. The zero-order chi connectivity index (χ0) is 14.3. The van der Waals surface area contributed by atoms with Gasteiger partial charge in [0.2, 0.25) is 0 Å². The van der Waals surface area contributed by atoms with Crippen LogP contribution in [0.5, 0.6) is 0 Å². The Bertz CT molecular complexity index is 382. The quantitative estimate of drug-likeness (QED) is 0.777. The maximum atomic E-state index is 12.8. The van der Waals surface area contributed by atoms with Crippen LogP contribution in [-0.2, 0) is 17.3 Å². The summed E-state index contributed by atoms with van der Waals surface area (Å²) in [5.41, 5.74) is -0.345. The maximum Gasteiger partial charge on any atom is 0.416 e. The molecule has 0 amide bonds. The van der Waals surface area contributed by atoms with E-state index in [-0.39, 0.29) is 11.5 Å². The minimum Gasteiger partial charge on any atom is -0.383 e. The minimum absolute atomic E-state index is 0.0992. The third kappa shape index (κ3) is 5.57. The van der Waals surface area contributed by atoms with Crippen LogP contribution in [0, 0.1) is 5.92 Å². The molecule has 0 spiro atoms. The van der Waals surface area contributed by atoms with Crippen molar-refractivity contribution in [3.05, 3.63) is 29.6 Å². The Morgan fingerprint density at radius 1 is 1.42 bits per heavy atom. The van der Waals surface area contributed by atoms with Gasteiger partial charge < -0.3 is 10.1 Å². The molecule has 3 nitrogen and oxygen atoms in total. The SMILES string of the molecule is COCCNCC(C)Cc1cnccc1C(F)(F)F. The highest BCUT2D eigenvalue weighted by molar-refractivity contribution is 5.26. The molecule has 0 bridgehead atoms. The molecule has 0 saturated carbocycles. The number of methoxy groups -OCH3 is 1. The molecular formula is C13H19F3N2O. The zero-order valence-electron chi connectivity index (χ0n) is 11.1. The van der Waals surface area contributed by atoms with Crippen LogP contribution in [0.25, 0.3) is 0 Å². The summed E-state index contributed by atoms with van der Waals surface area (Å²) in [6, 6.07) is 1.03. The van der Waals surface area contributed by atoms with E-state index in [2.05, 4.69) is 10.3 Å². The first-order chi connectivity index (χ1) is 8.95. The molecular weight excluding hydrogens is 257 g/mol. The first-order valence-electron chi connectivity index (χ1n) is 6.15. The number of pyridine rings is 1. The van der Waals surface area contributed by atoms with Gasteiger partial charge in [0.1, 0.15) is 0 Å². The highest BCUT2D eigenvalue weighted by atomic mass is 19.4. The van der Waals surface area contributed by atoms with E-state index < -0.39 is 11.7 Å². The van der Waals surface area contributed by atoms with Crippen molar-refractivity contribution in [1.82, 2.24) is 10.3 Å². The number of halogens is 3. The summed E-state index contributed by atoms with van der Waals surface area (Å²) in [5, 5.41) is 3.14. The predicted octanol–water partition coefficient (Wildman–Crippen LogP) is 2.52. The predicted molar refractivity (Wildman–Crippen MR) is 66.9 cm³/mol. The Hall–Kier alpha value is -1.14. The molecule has 0 aliphatic heterocycles. The van der Waals surface area contributed by atoms with Gasteiger partial charge in [-0.3, -0.25) is 4.98 Å². The average molecular weight is 276 g/mol. The third-order valence-electron chi connectivity index (χ3n) is 2.75. The van der Waals surface area contributed by atoms with E-state index in [1.807, 2.05) is 6.92 Å². The number of nitrogens with one attached hydrogen (secondary N) is 1. The van der Waals surface area contributed by atoms with E-state index in [0.29, 0.717) is 26.1 Å². The number of hydrogen-bond acceptors (Lipinski definition) is 3. The average Bonchev–Trinajstić information content (AvgIpc) is 2.34. The fourth-order valence-electron chi connectivity index (χ4n) is 1.84. The molecule has 1 rings (SSSR count). The standard InChI is InChI=1S/C13H19F3N2O/c1-10(8-18-5-6-19-2)7-11-9-17-4-3-12(11)13(14,15)16/h3-4,9-10,18H,5-8H2,1-2H3. The molecule has 1 heterocycles. The summed E-state index contributed by atoms with van der Waals surface area (Å²) in [6.45, 7) is 3.84. The highest BCUT2D eigenvalue weighted by Gasteiger charge is 2.33. The maximum absolute atomic E-state index is 12.8. The lowest BCUT2D eigenvalue weighted by molar-refractivity contribution is -0.138. The van der Waals surface area contributed by atoms with Crippen molar-refractivity contribution >= 4 is 0 Å². The normalized spacial score (nSPS) is 13.5. The summed E-state index contributed by atoms with van der Waals surface area (Å²) >= 11 is 0. The van der Waals surface area contributed by atoms with Crippen LogP contribution in [0.2, 0.25) is 0 Å². The largest absolute Gasteiger partial charge is 0.416 e. The van der Waals surface area contributed by atoms with Crippen LogP contribution in [0.4, 0.5) is 13.2 Å². The molecule has 1 atom stereocenters. The Morgan fingerprint density at radius 2 is 2.16 bits per heavy atom. The van der Waals surface area contributed by atoms with E-state index in [1.54, 1.807) is 7.11 Å². The fourth-order valence-corrected chi connectivity index (χ4v) is 1.84. The molecule has 0 fully saturated rings. The van der Waals surface area contributed by atoms with Crippen molar-refractivity contribution in [3.8, 4) is 0 Å². The van der Waals surface area contributed by atoms with Gasteiger partial charge in [-0.15, -0.1) is 0 Å². The molecule has 0 aliphatic carbocycles. The van der Waals surface area contributed by atoms with Crippen LogP contribution < -0.4 is 5.32 Å². The van der Waals surface area contributed by atoms with Crippen molar-refractivity contribution in [1.29, 1.82) is 0 Å². The molecule has 1 N–H and O–H groups in total. The number of ether oxygens (including phenoxy) is 1. The van der Waals surface area contributed by atoms with Gasteiger partial charge in [-0.1, -0.05) is 6.92 Å². The monoisotopic (exact) mass is 276 g/mol. The molecule has 0 saturated heterocycles. The van der Waals surface area contributed by atoms with E-state index in [9.17, 15) is 13.2 Å². The highest BCUT2D eigenvalue weighted by Crippen LogP contribution is 2.32. The molecule has 0 aromatic carbocycles. The van der Waals surface area contributed by atoms with Gasteiger partial charge in [-0.2, -0.15) is 13.2 Å². The van der Waals surface area contributed by atoms with Crippen LogP contribution in [0.1, 0.15) is 18.1 Å². The Morgan fingerprint density at radius 3 is 2.79 bits per heavy atom. The number of aromatic nitrogens is 1. The van der Waals surface area contributed by atoms with Gasteiger partial charge in [0.05, 0.1) is 12.2 Å². The van der Waals surface area contributed by atoms with Gasteiger partial charge in [0, 0.05) is 26.0 Å². The van der Waals surface area contributed by atoms with E-state index in [0.717, 1.165) is 6.07 Å². The van der Waals surface area contributed by atoms with Crippen molar-refractivity contribution in [2.24, 2.45) is 5.92 Å². The molecule has 1 aromatic heterocycles. The topological polar surface area (TPSA) is 34.1 Å². The molecule has 108 valence electrons. The van der Waals surface area contributed by atoms with Crippen LogP contribution in [0.15, 0.2) is 18.5 Å². The first-order valence-corrected chi connectivity index (χ1v) is 6.15. The van der Waals surface area contributed by atoms with Gasteiger partial charge in [-0.25, -0.2) is 0 Å². The number of rotatable bonds is 7. The van der Waals surface area contributed by atoms with Crippen LogP contribution in [0.3, 0.4) is 0 Å². The van der Waals surface area contributed by atoms with Crippen LogP contribution in [-0.4, -0.2) is 31.8 Å². The Labute approximate surface area is 111 Å². The van der Waals surface area contributed by atoms with E-state index in [4.69, 9.17) is 4.74 Å². The van der Waals surface area contributed by atoms with Gasteiger partial charge in [-0.05, 0) is 30.5 Å². The van der Waals surface area contributed by atoms with Crippen molar-refractivity contribution in [2.75, 3.05) is 26.8 Å². The summed E-state index contributed by atoms with van der Waals surface area (Å²) in [6.07, 6.45) is -1.49. The molecule has 1 unspecified atom stereocenters. The van der Waals surface area contributed by atoms with Gasteiger partial charge >= 0.3 is 6.18 Å². The fraction of sp³-hybridized carbons (Fsp3) is 0.615. The summed E-state index contributed by atoms with van der Waals surface area (Å²) in [7, 11) is 1.61. The smallest absolute Gasteiger partial charge is 0.383 e. The summed E-state index contributed by atoms with van der Waals surface area (Å²) in [5.74, 6) is 0.0992. The lowest BCUT2D eigenvalue weighted by atomic mass is 9.98. The van der Waals surface area contributed by atoms with Gasteiger partial charge in [0.25, 0.3) is 0 Å². The number of nitrogens with zero attached hydrogens (tertiary/aromatic N) is 1. The summed E-state index contributed by atoms with van der Waals surface area (Å²) < 4.78 is 43.3. The molecule has 1 aromatic rings. The molecule has 0 radical (unpaired) electrons. The first kappa shape index (κ1) is 15.9. The minimum atomic E-state index is -4.32.